The molecule has 9 heavy (non-hydrogen) atoms. The van der Waals surface area contributed by atoms with E-state index in [1.54, 1.807) is 0 Å². The largest absolute Gasteiger partial charge is 0.481 e. The van der Waals surface area contributed by atoms with Crippen LogP contribution < -0.4 is 0 Å². The summed E-state index contributed by atoms with van der Waals surface area (Å²) in [6.45, 7) is 0. The van der Waals surface area contributed by atoms with Crippen molar-refractivity contribution in [2.75, 3.05) is 5.75 Å². The van der Waals surface area contributed by atoms with Gasteiger partial charge in [0.2, 0.25) is 0 Å². The molecule has 3 nitrogen and oxygen atoms in total. The van der Waals surface area contributed by atoms with E-state index in [-0.39, 0.29) is 18.6 Å². The standard InChI is InChI=1S/C5H8O3S/c6-4(1-2-9)3-5(7)8/h9H,1-3H2,(H,7,8). The smallest absolute Gasteiger partial charge is 0.310 e. The second kappa shape index (κ2) is 4.38. The van der Waals surface area contributed by atoms with Crippen LogP contribution in [0.15, 0.2) is 0 Å². The summed E-state index contributed by atoms with van der Waals surface area (Å²) in [6.07, 6.45) is -0.129. The predicted octanol–water partition coefficient (Wildman–Crippen LogP) is 0.350. The highest BCUT2D eigenvalue weighted by molar-refractivity contribution is 7.80. The number of carboxylic acid groups (broad SMARTS) is 1. The molecule has 0 unspecified atom stereocenters. The predicted molar refractivity (Wildman–Crippen MR) is 35.7 cm³/mol. The van der Waals surface area contributed by atoms with Crippen molar-refractivity contribution < 1.29 is 14.7 Å². The summed E-state index contributed by atoms with van der Waals surface area (Å²) < 4.78 is 0. The fraction of sp³-hybridized carbons (Fsp3) is 0.600. The Balaban J connectivity index is 3.39. The Bertz CT molecular complexity index is 121. The first kappa shape index (κ1) is 8.49. The zero-order valence-electron chi connectivity index (χ0n) is 4.83. The van der Waals surface area contributed by atoms with E-state index in [1.165, 1.54) is 0 Å². The molecule has 1 N–H and O–H groups in total. The molecule has 0 aromatic carbocycles. The van der Waals surface area contributed by atoms with E-state index < -0.39 is 5.97 Å². The molecule has 0 aliphatic heterocycles. The van der Waals surface area contributed by atoms with Gasteiger partial charge in [-0.1, -0.05) is 0 Å². The quantitative estimate of drug-likeness (QED) is 0.447. The van der Waals surface area contributed by atoms with Crippen molar-refractivity contribution in [2.45, 2.75) is 12.8 Å². The lowest BCUT2D eigenvalue weighted by Crippen LogP contribution is -2.06. The number of thiol groups is 1. The van der Waals surface area contributed by atoms with Crippen molar-refractivity contribution in [3.8, 4) is 0 Å². The molecule has 4 heteroatoms. The molecule has 0 amide bonds. The molecule has 0 bridgehead atoms. The summed E-state index contributed by atoms with van der Waals surface area (Å²) >= 11 is 3.77. The average molecular weight is 148 g/mol. The molecule has 0 heterocycles. The van der Waals surface area contributed by atoms with Crippen molar-refractivity contribution in [1.29, 1.82) is 0 Å². The maximum Gasteiger partial charge on any atom is 0.310 e. The summed E-state index contributed by atoms with van der Waals surface area (Å²) in [7, 11) is 0. The number of hydrogen-bond donors (Lipinski definition) is 2. The number of ketones is 1. The maximum atomic E-state index is 10.4. The van der Waals surface area contributed by atoms with Gasteiger partial charge in [0.15, 0.2) is 0 Å². The highest BCUT2D eigenvalue weighted by atomic mass is 32.1. The van der Waals surface area contributed by atoms with Gasteiger partial charge >= 0.3 is 5.97 Å². The van der Waals surface area contributed by atoms with E-state index in [9.17, 15) is 9.59 Å². The van der Waals surface area contributed by atoms with Crippen molar-refractivity contribution in [3.05, 3.63) is 0 Å². The third kappa shape index (κ3) is 5.36. The molecule has 52 valence electrons. The summed E-state index contributed by atoms with van der Waals surface area (Å²) in [5.41, 5.74) is 0. The van der Waals surface area contributed by atoms with Crippen molar-refractivity contribution in [3.63, 3.8) is 0 Å². The number of carbonyl (C=O) groups is 2. The molecule has 0 saturated carbocycles. The van der Waals surface area contributed by atoms with Gasteiger partial charge in [-0.15, -0.1) is 0 Å². The minimum atomic E-state index is -1.07. The van der Waals surface area contributed by atoms with Crippen LogP contribution in [0.3, 0.4) is 0 Å². The summed E-state index contributed by atoms with van der Waals surface area (Å²) in [5, 5.41) is 8.06. The fourth-order valence-electron chi connectivity index (χ4n) is 0.382. The molecule has 0 saturated heterocycles. The Morgan fingerprint density at radius 1 is 1.44 bits per heavy atom. The molecule has 0 atom stereocenters. The van der Waals surface area contributed by atoms with Gasteiger partial charge in [0, 0.05) is 6.42 Å². The first-order valence-electron chi connectivity index (χ1n) is 2.51. The van der Waals surface area contributed by atoms with Crippen molar-refractivity contribution in [2.24, 2.45) is 0 Å². The Morgan fingerprint density at radius 2 is 2.00 bits per heavy atom. The number of hydrogen-bond acceptors (Lipinski definition) is 3. The van der Waals surface area contributed by atoms with Crippen LogP contribution in [-0.4, -0.2) is 22.6 Å². The normalized spacial score (nSPS) is 9.00. The number of carbonyl (C=O) groups excluding carboxylic acids is 1. The highest BCUT2D eigenvalue weighted by Crippen LogP contribution is 1.91. The number of aliphatic carboxylic acids is 1. The van der Waals surface area contributed by atoms with Gasteiger partial charge in [0.25, 0.3) is 0 Å². The Labute approximate surface area is 58.5 Å². The molecule has 0 aromatic heterocycles. The van der Waals surface area contributed by atoms with E-state index >= 15 is 0 Å². The zero-order valence-corrected chi connectivity index (χ0v) is 5.73. The van der Waals surface area contributed by atoms with E-state index in [2.05, 4.69) is 12.6 Å². The first-order chi connectivity index (χ1) is 4.16. The Kier molecular flexibility index (Phi) is 4.13. The number of Topliss-reactive ketones (excluding diaryl/α,β-unsaturated/α-hetero) is 1. The van der Waals surface area contributed by atoms with Gasteiger partial charge in [0.1, 0.15) is 12.2 Å². The monoisotopic (exact) mass is 148 g/mol. The molecule has 0 aromatic rings. The van der Waals surface area contributed by atoms with Gasteiger partial charge < -0.3 is 5.11 Å². The van der Waals surface area contributed by atoms with Crippen LogP contribution in [0.4, 0.5) is 0 Å². The van der Waals surface area contributed by atoms with E-state index in [1.807, 2.05) is 0 Å². The van der Waals surface area contributed by atoms with E-state index in [0.717, 1.165) is 0 Å². The zero-order chi connectivity index (χ0) is 7.28. The lowest BCUT2D eigenvalue weighted by Gasteiger charge is -1.90. The molecule has 0 radical (unpaired) electrons. The topological polar surface area (TPSA) is 54.4 Å². The summed E-state index contributed by atoms with van der Waals surface area (Å²) in [4.78, 5) is 20.3. The molecule has 0 rings (SSSR count). The first-order valence-corrected chi connectivity index (χ1v) is 3.14. The van der Waals surface area contributed by atoms with Crippen LogP contribution in [-0.2, 0) is 9.59 Å². The van der Waals surface area contributed by atoms with Gasteiger partial charge in [-0.25, -0.2) is 0 Å². The SMILES string of the molecule is O=C(O)CC(=O)CCS. The summed E-state index contributed by atoms with van der Waals surface area (Å²) in [6, 6.07) is 0. The van der Waals surface area contributed by atoms with Crippen molar-refractivity contribution in [1.82, 2.24) is 0 Å². The fourth-order valence-corrected chi connectivity index (χ4v) is 0.631. The average Bonchev–Trinajstić information content (AvgIpc) is 1.63. The highest BCUT2D eigenvalue weighted by Gasteiger charge is 2.04. The van der Waals surface area contributed by atoms with Crippen LogP contribution >= 0.6 is 12.6 Å². The van der Waals surface area contributed by atoms with Gasteiger partial charge in [-0.3, -0.25) is 9.59 Å². The van der Waals surface area contributed by atoms with Gasteiger partial charge in [-0.2, -0.15) is 12.6 Å². The Morgan fingerprint density at radius 3 is 2.33 bits per heavy atom. The van der Waals surface area contributed by atoms with Crippen LogP contribution in [0, 0.1) is 0 Å². The summed E-state index contributed by atoms with van der Waals surface area (Å²) in [5.74, 6) is -0.911. The second-order valence-corrected chi connectivity index (χ2v) is 2.03. The maximum absolute atomic E-state index is 10.4. The third-order valence-corrected chi connectivity index (χ3v) is 0.963. The van der Waals surface area contributed by atoms with Crippen LogP contribution in [0.25, 0.3) is 0 Å². The van der Waals surface area contributed by atoms with Gasteiger partial charge in [0.05, 0.1) is 0 Å². The molecule has 0 aliphatic rings. The lowest BCUT2D eigenvalue weighted by atomic mass is 10.2. The molecule has 0 spiro atoms. The third-order valence-electron chi connectivity index (χ3n) is 0.739. The van der Waals surface area contributed by atoms with E-state index in [0.29, 0.717) is 5.75 Å². The number of carboxylic acids is 1. The van der Waals surface area contributed by atoms with Gasteiger partial charge in [-0.05, 0) is 5.75 Å². The minimum absolute atomic E-state index is 0.245. The van der Waals surface area contributed by atoms with Crippen LogP contribution in [0.2, 0.25) is 0 Å². The molecule has 0 fully saturated rings. The molecular weight excluding hydrogens is 140 g/mol. The minimum Gasteiger partial charge on any atom is -0.481 e. The molecular formula is C5H8O3S. The van der Waals surface area contributed by atoms with Crippen LogP contribution in [0.1, 0.15) is 12.8 Å². The Hall–Kier alpha value is -0.510. The molecule has 0 aliphatic carbocycles. The lowest BCUT2D eigenvalue weighted by molar-refractivity contribution is -0.140. The van der Waals surface area contributed by atoms with Crippen LogP contribution in [0.5, 0.6) is 0 Å². The second-order valence-electron chi connectivity index (χ2n) is 1.58. The van der Waals surface area contributed by atoms with Crippen molar-refractivity contribution >= 4 is 24.4 Å². The number of rotatable bonds is 4. The van der Waals surface area contributed by atoms with E-state index in [4.69, 9.17) is 5.11 Å².